The number of carbonyl (C=O) groups excluding carboxylic acids is 1. The smallest absolute Gasteiger partial charge is 0.312 e. The number of rotatable bonds is 2. The summed E-state index contributed by atoms with van der Waals surface area (Å²) in [6, 6.07) is 6.06. The first-order valence-electron chi connectivity index (χ1n) is 6.68. The van der Waals surface area contributed by atoms with Gasteiger partial charge < -0.3 is 11.1 Å². The lowest BCUT2D eigenvalue weighted by molar-refractivity contribution is 0.248. The van der Waals surface area contributed by atoms with Gasteiger partial charge in [-0.15, -0.1) is 0 Å². The number of benzene rings is 1. The van der Waals surface area contributed by atoms with Crippen LogP contribution in [0.3, 0.4) is 0 Å². The van der Waals surface area contributed by atoms with Crippen LogP contribution in [0.5, 0.6) is 0 Å². The molecule has 0 saturated heterocycles. The van der Waals surface area contributed by atoms with Gasteiger partial charge in [0.2, 0.25) is 0 Å². The number of hydrogen-bond acceptors (Lipinski definition) is 1. The summed E-state index contributed by atoms with van der Waals surface area (Å²) in [5.74, 6) is 0. The van der Waals surface area contributed by atoms with Crippen LogP contribution < -0.4 is 11.1 Å². The summed E-state index contributed by atoms with van der Waals surface area (Å²) in [4.78, 5) is 10.8. The molecule has 106 valence electrons. The van der Waals surface area contributed by atoms with Crippen molar-refractivity contribution in [2.24, 2.45) is 5.73 Å². The summed E-state index contributed by atoms with van der Waals surface area (Å²) >= 11 is 0. The van der Waals surface area contributed by atoms with Crippen LogP contribution in [-0.4, -0.2) is 6.03 Å². The molecule has 3 nitrogen and oxygen atoms in total. The van der Waals surface area contributed by atoms with Crippen LogP contribution in [0.1, 0.15) is 58.2 Å². The number of nitrogens with one attached hydrogen (secondary N) is 1. The molecule has 3 heteroatoms. The predicted molar refractivity (Wildman–Crippen MR) is 80.3 cm³/mol. The third kappa shape index (κ3) is 4.58. The van der Waals surface area contributed by atoms with E-state index >= 15 is 0 Å². The van der Waals surface area contributed by atoms with Gasteiger partial charge in [-0.25, -0.2) is 4.79 Å². The van der Waals surface area contributed by atoms with E-state index in [0.29, 0.717) is 6.54 Å². The van der Waals surface area contributed by atoms with Crippen LogP contribution in [0.15, 0.2) is 18.2 Å². The van der Waals surface area contributed by atoms with Crippen LogP contribution >= 0.6 is 0 Å². The van der Waals surface area contributed by atoms with Crippen LogP contribution in [-0.2, 0) is 17.4 Å². The lowest BCUT2D eigenvalue weighted by Crippen LogP contribution is -2.29. The molecule has 0 spiro atoms. The Kier molecular flexibility index (Phi) is 4.28. The molecule has 0 heterocycles. The highest BCUT2D eigenvalue weighted by Gasteiger charge is 2.20. The topological polar surface area (TPSA) is 55.1 Å². The molecule has 0 aliphatic heterocycles. The summed E-state index contributed by atoms with van der Waals surface area (Å²) in [6.07, 6.45) is 0. The Morgan fingerprint density at radius 1 is 1.00 bits per heavy atom. The van der Waals surface area contributed by atoms with Crippen molar-refractivity contribution in [3.63, 3.8) is 0 Å². The maximum atomic E-state index is 10.8. The van der Waals surface area contributed by atoms with Crippen LogP contribution in [0.2, 0.25) is 0 Å². The molecule has 0 bridgehead atoms. The minimum Gasteiger partial charge on any atom is -0.352 e. The van der Waals surface area contributed by atoms with E-state index in [2.05, 4.69) is 65.1 Å². The fourth-order valence-corrected chi connectivity index (χ4v) is 1.85. The van der Waals surface area contributed by atoms with Crippen molar-refractivity contribution in [3.05, 3.63) is 34.9 Å². The van der Waals surface area contributed by atoms with Gasteiger partial charge in [0, 0.05) is 6.54 Å². The molecule has 0 aliphatic rings. The highest BCUT2D eigenvalue weighted by atomic mass is 16.2. The van der Waals surface area contributed by atoms with Crippen molar-refractivity contribution in [1.29, 1.82) is 0 Å². The molecule has 1 aromatic carbocycles. The SMILES string of the molecule is CC(C)(C)c1cc(CNC(N)=O)cc(C(C)(C)C)c1. The van der Waals surface area contributed by atoms with Gasteiger partial charge in [-0.1, -0.05) is 59.7 Å². The summed E-state index contributed by atoms with van der Waals surface area (Å²) < 4.78 is 0. The van der Waals surface area contributed by atoms with Crippen molar-refractivity contribution in [3.8, 4) is 0 Å². The molecule has 0 radical (unpaired) electrons. The zero-order valence-electron chi connectivity index (χ0n) is 12.9. The number of amides is 2. The van der Waals surface area contributed by atoms with Crippen LogP contribution in [0.25, 0.3) is 0 Å². The Bertz CT molecular complexity index is 432. The largest absolute Gasteiger partial charge is 0.352 e. The maximum absolute atomic E-state index is 10.8. The van der Waals surface area contributed by atoms with Gasteiger partial charge in [0.05, 0.1) is 0 Å². The molecule has 0 atom stereocenters. The minimum absolute atomic E-state index is 0.0860. The number of primary amides is 1. The van der Waals surface area contributed by atoms with E-state index in [1.54, 1.807) is 0 Å². The second-order valence-electron chi connectivity index (χ2n) is 7.14. The zero-order chi connectivity index (χ0) is 14.8. The first-order chi connectivity index (χ1) is 8.50. The first kappa shape index (κ1) is 15.5. The molecule has 19 heavy (non-hydrogen) atoms. The van der Waals surface area contributed by atoms with E-state index in [0.717, 1.165) is 5.56 Å². The van der Waals surface area contributed by atoms with Crippen molar-refractivity contribution in [1.82, 2.24) is 5.32 Å². The average Bonchev–Trinajstić information content (AvgIpc) is 2.23. The van der Waals surface area contributed by atoms with Crippen LogP contribution in [0, 0.1) is 0 Å². The van der Waals surface area contributed by atoms with Crippen molar-refractivity contribution in [2.75, 3.05) is 0 Å². The third-order valence-electron chi connectivity index (χ3n) is 3.19. The number of nitrogens with two attached hydrogens (primary N) is 1. The van der Waals surface area contributed by atoms with E-state index in [-0.39, 0.29) is 10.8 Å². The maximum Gasteiger partial charge on any atom is 0.312 e. The Morgan fingerprint density at radius 2 is 1.42 bits per heavy atom. The van der Waals surface area contributed by atoms with Gasteiger partial charge in [0.25, 0.3) is 0 Å². The summed E-state index contributed by atoms with van der Waals surface area (Å²) in [5, 5.41) is 2.66. The first-order valence-corrected chi connectivity index (χ1v) is 6.68. The lowest BCUT2D eigenvalue weighted by atomic mass is 9.79. The Morgan fingerprint density at radius 3 is 1.74 bits per heavy atom. The molecule has 0 fully saturated rings. The Hall–Kier alpha value is -1.51. The molecule has 0 aromatic heterocycles. The molecule has 0 aliphatic carbocycles. The second-order valence-corrected chi connectivity index (χ2v) is 7.14. The fraction of sp³-hybridized carbons (Fsp3) is 0.562. The molecule has 0 saturated carbocycles. The number of urea groups is 1. The van der Waals surface area contributed by atoms with Crippen molar-refractivity contribution < 1.29 is 4.79 Å². The van der Waals surface area contributed by atoms with E-state index in [4.69, 9.17) is 5.73 Å². The van der Waals surface area contributed by atoms with E-state index in [9.17, 15) is 4.79 Å². The van der Waals surface area contributed by atoms with Gasteiger partial charge in [-0.2, -0.15) is 0 Å². The van der Waals surface area contributed by atoms with Crippen molar-refractivity contribution in [2.45, 2.75) is 58.9 Å². The average molecular weight is 262 g/mol. The predicted octanol–water partition coefficient (Wildman–Crippen LogP) is 3.45. The monoisotopic (exact) mass is 262 g/mol. The molecule has 1 rings (SSSR count). The minimum atomic E-state index is -0.488. The van der Waals surface area contributed by atoms with E-state index in [1.807, 2.05) is 0 Å². The lowest BCUT2D eigenvalue weighted by Gasteiger charge is -2.26. The molecular formula is C16H26N2O. The van der Waals surface area contributed by atoms with E-state index < -0.39 is 6.03 Å². The number of hydrogen-bond donors (Lipinski definition) is 2. The standard InChI is InChI=1S/C16H26N2O/c1-15(2,3)12-7-11(10-18-14(17)19)8-13(9-12)16(4,5)6/h7-9H,10H2,1-6H3,(H3,17,18,19). The fourth-order valence-electron chi connectivity index (χ4n) is 1.85. The Balaban J connectivity index is 3.21. The highest BCUT2D eigenvalue weighted by Crippen LogP contribution is 2.30. The van der Waals surface area contributed by atoms with Gasteiger partial charge in [0.1, 0.15) is 0 Å². The number of carbonyl (C=O) groups is 1. The summed E-state index contributed by atoms with van der Waals surface area (Å²) in [7, 11) is 0. The Labute approximate surface area is 116 Å². The van der Waals surface area contributed by atoms with Gasteiger partial charge in [-0.3, -0.25) is 0 Å². The molecule has 2 amide bonds. The molecule has 0 unspecified atom stereocenters. The van der Waals surface area contributed by atoms with Gasteiger partial charge in [0.15, 0.2) is 0 Å². The molecular weight excluding hydrogens is 236 g/mol. The zero-order valence-corrected chi connectivity index (χ0v) is 12.9. The normalized spacial score (nSPS) is 12.3. The summed E-state index contributed by atoms with van der Waals surface area (Å²) in [5.41, 5.74) is 8.96. The van der Waals surface area contributed by atoms with E-state index in [1.165, 1.54) is 11.1 Å². The third-order valence-corrected chi connectivity index (χ3v) is 3.19. The van der Waals surface area contributed by atoms with Crippen LogP contribution in [0.4, 0.5) is 4.79 Å². The summed E-state index contributed by atoms with van der Waals surface area (Å²) in [6.45, 7) is 13.6. The van der Waals surface area contributed by atoms with Crippen molar-refractivity contribution >= 4 is 6.03 Å². The quantitative estimate of drug-likeness (QED) is 0.842. The van der Waals surface area contributed by atoms with Gasteiger partial charge in [-0.05, 0) is 27.5 Å². The molecule has 3 N–H and O–H groups in total. The molecule has 1 aromatic rings. The highest BCUT2D eigenvalue weighted by molar-refractivity contribution is 5.71. The second kappa shape index (κ2) is 5.24. The van der Waals surface area contributed by atoms with Gasteiger partial charge >= 0.3 is 6.03 Å².